The van der Waals surface area contributed by atoms with Crippen LogP contribution in [0.3, 0.4) is 0 Å². The molecule has 0 atom stereocenters. The third kappa shape index (κ3) is 7.46. The lowest BCUT2D eigenvalue weighted by molar-refractivity contribution is 0.316. The van der Waals surface area contributed by atoms with Crippen molar-refractivity contribution in [3.8, 4) is 5.75 Å². The zero-order valence-corrected chi connectivity index (χ0v) is 22.5. The lowest BCUT2D eigenvalue weighted by Gasteiger charge is -2.24. The van der Waals surface area contributed by atoms with Gasteiger partial charge in [0.2, 0.25) is 0 Å². The predicted molar refractivity (Wildman–Crippen MR) is 151 cm³/mol. The molecule has 0 aliphatic heterocycles. The summed E-state index contributed by atoms with van der Waals surface area (Å²) in [6.07, 6.45) is 1.90. The molecule has 0 spiro atoms. The van der Waals surface area contributed by atoms with Gasteiger partial charge in [-0.2, -0.15) is 0 Å². The maximum atomic E-state index is 5.39. The molecular formula is C30H42N4O. The molecule has 3 aromatic rings. The zero-order valence-electron chi connectivity index (χ0n) is 22.5. The number of pyridine rings is 1. The number of nitrogens with zero attached hydrogens (tertiary/aromatic N) is 2. The van der Waals surface area contributed by atoms with E-state index in [9.17, 15) is 0 Å². The molecule has 5 heteroatoms. The van der Waals surface area contributed by atoms with Gasteiger partial charge in [-0.05, 0) is 77.7 Å². The van der Waals surface area contributed by atoms with Gasteiger partial charge >= 0.3 is 0 Å². The summed E-state index contributed by atoms with van der Waals surface area (Å²) in [5.41, 5.74) is 4.85. The first-order valence-electron chi connectivity index (χ1n) is 12.7. The number of ether oxygens (including phenoxy) is 1. The minimum Gasteiger partial charge on any atom is -0.497 e. The van der Waals surface area contributed by atoms with Gasteiger partial charge in [-0.1, -0.05) is 52.8 Å². The second-order valence-corrected chi connectivity index (χ2v) is 10.2. The van der Waals surface area contributed by atoms with Crippen LogP contribution in [0.4, 0.5) is 5.82 Å². The van der Waals surface area contributed by atoms with Crippen molar-refractivity contribution >= 4 is 27.9 Å². The Kier molecular flexibility index (Phi) is 9.16. The Labute approximate surface area is 211 Å². The van der Waals surface area contributed by atoms with Crippen LogP contribution in [-0.4, -0.2) is 49.7 Å². The number of benzene rings is 2. The van der Waals surface area contributed by atoms with Gasteiger partial charge in [-0.25, -0.2) is 4.98 Å². The largest absolute Gasteiger partial charge is 0.497 e. The quantitative estimate of drug-likeness (QED) is 0.331. The van der Waals surface area contributed by atoms with Crippen LogP contribution in [0.25, 0.3) is 22.0 Å². The van der Waals surface area contributed by atoms with Crippen LogP contribution in [0.2, 0.25) is 0 Å². The van der Waals surface area contributed by atoms with Gasteiger partial charge in [0.25, 0.3) is 0 Å². The van der Waals surface area contributed by atoms with Crippen molar-refractivity contribution in [1.82, 2.24) is 15.2 Å². The second-order valence-electron chi connectivity index (χ2n) is 10.2. The number of methoxy groups -OCH3 is 1. The molecule has 0 fully saturated rings. The minimum atomic E-state index is 0.156. The highest BCUT2D eigenvalue weighted by molar-refractivity contribution is 5.93. The van der Waals surface area contributed by atoms with E-state index in [4.69, 9.17) is 4.74 Å². The number of rotatable bonds is 11. The molecule has 0 unspecified atom stereocenters. The molecule has 2 N–H and O–H groups in total. The summed E-state index contributed by atoms with van der Waals surface area (Å²) in [5.74, 6) is 1.78. The van der Waals surface area contributed by atoms with Crippen LogP contribution >= 0.6 is 0 Å². The van der Waals surface area contributed by atoms with Gasteiger partial charge in [0.15, 0.2) is 0 Å². The number of hydrogen-bond donors (Lipinski definition) is 2. The molecule has 0 saturated heterocycles. The van der Waals surface area contributed by atoms with Gasteiger partial charge in [0, 0.05) is 37.1 Å². The molecule has 0 aliphatic rings. The highest BCUT2D eigenvalue weighted by Gasteiger charge is 2.15. The Hall–Kier alpha value is -3.05. The standard InChI is InChI=1S/C30H42N4O/c1-8-34(9-2)17-16-32-28-20-26(14-15-31-28)29(33-21-30(4,5)6)22(3)23-10-11-25-19-27(35-7)13-12-24(25)18-23/h10-15,18-20,33H,8-9,16-17,21H2,1-7H3,(H,31,32)/b29-22+. The number of anilines is 1. The van der Waals surface area contributed by atoms with Crippen LogP contribution in [0, 0.1) is 5.41 Å². The van der Waals surface area contributed by atoms with Crippen molar-refractivity contribution in [2.24, 2.45) is 5.41 Å². The first kappa shape index (κ1) is 26.6. The molecule has 0 radical (unpaired) electrons. The fourth-order valence-corrected chi connectivity index (χ4v) is 4.10. The Morgan fingerprint density at radius 1 is 0.943 bits per heavy atom. The maximum Gasteiger partial charge on any atom is 0.126 e. The van der Waals surface area contributed by atoms with E-state index < -0.39 is 0 Å². The molecular weight excluding hydrogens is 432 g/mol. The molecule has 0 saturated carbocycles. The number of nitrogens with one attached hydrogen (secondary N) is 2. The average Bonchev–Trinajstić information content (AvgIpc) is 2.85. The van der Waals surface area contributed by atoms with Crippen molar-refractivity contribution in [2.45, 2.75) is 41.5 Å². The third-order valence-corrected chi connectivity index (χ3v) is 6.33. The number of fused-ring (bicyclic) bond motifs is 1. The van der Waals surface area contributed by atoms with Crippen molar-refractivity contribution < 1.29 is 4.74 Å². The third-order valence-electron chi connectivity index (χ3n) is 6.33. The van der Waals surface area contributed by atoms with E-state index in [0.29, 0.717) is 0 Å². The molecule has 188 valence electrons. The SMILES string of the molecule is CCN(CC)CCNc1cc(/C(NCC(C)(C)C)=C(/C)c2ccc3cc(OC)ccc3c2)ccn1. The van der Waals surface area contributed by atoms with Gasteiger partial charge in [-0.15, -0.1) is 0 Å². The fraction of sp³-hybridized carbons (Fsp3) is 0.433. The Bertz CT molecular complexity index is 1140. The normalized spacial score (nSPS) is 12.6. The fourth-order valence-electron chi connectivity index (χ4n) is 4.10. The van der Waals surface area contributed by atoms with Gasteiger partial charge in [0.05, 0.1) is 7.11 Å². The van der Waals surface area contributed by atoms with Crippen molar-refractivity contribution in [2.75, 3.05) is 45.2 Å². The molecule has 1 aromatic heterocycles. The minimum absolute atomic E-state index is 0.156. The number of hydrogen-bond acceptors (Lipinski definition) is 5. The van der Waals surface area contributed by atoms with E-state index in [2.05, 4.69) is 105 Å². The summed E-state index contributed by atoms with van der Waals surface area (Å²) in [7, 11) is 1.71. The summed E-state index contributed by atoms with van der Waals surface area (Å²) < 4.78 is 5.39. The molecule has 0 amide bonds. The average molecular weight is 475 g/mol. The maximum absolute atomic E-state index is 5.39. The van der Waals surface area contributed by atoms with Gasteiger partial charge in [-0.3, -0.25) is 0 Å². The van der Waals surface area contributed by atoms with Crippen molar-refractivity contribution in [3.63, 3.8) is 0 Å². The van der Waals surface area contributed by atoms with E-state index in [1.165, 1.54) is 21.9 Å². The molecule has 35 heavy (non-hydrogen) atoms. The molecule has 0 bridgehead atoms. The zero-order chi connectivity index (χ0) is 25.4. The molecule has 1 heterocycles. The van der Waals surface area contributed by atoms with E-state index in [-0.39, 0.29) is 5.41 Å². The Morgan fingerprint density at radius 3 is 2.34 bits per heavy atom. The Morgan fingerprint density at radius 2 is 1.66 bits per heavy atom. The summed E-state index contributed by atoms with van der Waals surface area (Å²) in [6.45, 7) is 18.2. The van der Waals surface area contributed by atoms with Crippen LogP contribution in [-0.2, 0) is 0 Å². The van der Waals surface area contributed by atoms with Crippen LogP contribution < -0.4 is 15.4 Å². The van der Waals surface area contributed by atoms with Gasteiger partial charge < -0.3 is 20.3 Å². The van der Waals surface area contributed by atoms with Crippen LogP contribution in [0.5, 0.6) is 5.75 Å². The van der Waals surface area contributed by atoms with E-state index in [0.717, 1.165) is 55.6 Å². The summed E-state index contributed by atoms with van der Waals surface area (Å²) in [5, 5.41) is 9.64. The number of aromatic nitrogens is 1. The highest BCUT2D eigenvalue weighted by Crippen LogP contribution is 2.29. The summed E-state index contributed by atoms with van der Waals surface area (Å²) in [6, 6.07) is 17.1. The second kappa shape index (κ2) is 12.1. The van der Waals surface area contributed by atoms with Crippen LogP contribution in [0.15, 0.2) is 54.7 Å². The monoisotopic (exact) mass is 474 g/mol. The first-order chi connectivity index (χ1) is 16.7. The Balaban J connectivity index is 1.94. The number of allylic oxidation sites excluding steroid dienone is 1. The van der Waals surface area contributed by atoms with Crippen molar-refractivity contribution in [3.05, 3.63) is 65.9 Å². The smallest absolute Gasteiger partial charge is 0.126 e. The highest BCUT2D eigenvalue weighted by atomic mass is 16.5. The lowest BCUT2D eigenvalue weighted by Crippen LogP contribution is -2.28. The predicted octanol–water partition coefficient (Wildman–Crippen LogP) is 6.52. The van der Waals surface area contributed by atoms with E-state index in [1.54, 1.807) is 7.11 Å². The molecule has 0 aliphatic carbocycles. The lowest BCUT2D eigenvalue weighted by atomic mass is 9.94. The summed E-state index contributed by atoms with van der Waals surface area (Å²) in [4.78, 5) is 6.99. The van der Waals surface area contributed by atoms with Crippen molar-refractivity contribution in [1.29, 1.82) is 0 Å². The molecule has 2 aromatic carbocycles. The molecule has 3 rings (SSSR count). The van der Waals surface area contributed by atoms with E-state index >= 15 is 0 Å². The van der Waals surface area contributed by atoms with Crippen LogP contribution in [0.1, 0.15) is 52.7 Å². The first-order valence-corrected chi connectivity index (χ1v) is 12.7. The summed E-state index contributed by atoms with van der Waals surface area (Å²) >= 11 is 0. The topological polar surface area (TPSA) is 49.4 Å². The van der Waals surface area contributed by atoms with E-state index in [1.807, 2.05) is 12.3 Å². The molecule has 5 nitrogen and oxygen atoms in total. The van der Waals surface area contributed by atoms with Gasteiger partial charge in [0.1, 0.15) is 11.6 Å². The number of likely N-dealkylation sites (N-methyl/N-ethyl adjacent to an activating group) is 1.